The molecule has 0 saturated carbocycles. The third-order valence-electron chi connectivity index (χ3n) is 4.56. The fraction of sp³-hybridized carbons (Fsp3) is 0.273. The zero-order valence-corrected chi connectivity index (χ0v) is 16.5. The van der Waals surface area contributed by atoms with Gasteiger partial charge in [-0.15, -0.1) is 0 Å². The van der Waals surface area contributed by atoms with Crippen molar-refractivity contribution in [3.05, 3.63) is 72.1 Å². The Hall–Kier alpha value is -3.48. The van der Waals surface area contributed by atoms with E-state index in [0.29, 0.717) is 6.54 Å². The van der Waals surface area contributed by atoms with Gasteiger partial charge in [-0.2, -0.15) is 5.10 Å². The van der Waals surface area contributed by atoms with Crippen LogP contribution >= 0.6 is 0 Å². The monoisotopic (exact) mass is 391 g/mol. The van der Waals surface area contributed by atoms with Gasteiger partial charge in [-0.3, -0.25) is 0 Å². The molecule has 1 aliphatic heterocycles. The second-order valence-electron chi connectivity index (χ2n) is 6.69. The van der Waals surface area contributed by atoms with Gasteiger partial charge >= 0.3 is 0 Å². The molecule has 7 heteroatoms. The summed E-state index contributed by atoms with van der Waals surface area (Å²) in [6, 6.07) is 16.0. The van der Waals surface area contributed by atoms with Crippen LogP contribution in [0.25, 0.3) is 5.69 Å². The summed E-state index contributed by atoms with van der Waals surface area (Å²) in [6.07, 6.45) is 4.83. The summed E-state index contributed by atoms with van der Waals surface area (Å²) in [5.74, 6) is 2.37. The topological polar surface area (TPSA) is 72.7 Å². The Kier molecular flexibility index (Phi) is 5.95. The van der Waals surface area contributed by atoms with Crippen molar-refractivity contribution in [3.8, 4) is 17.2 Å². The summed E-state index contributed by atoms with van der Waals surface area (Å²) >= 11 is 0. The molecule has 150 valence electrons. The molecule has 0 atom stereocenters. The number of rotatable bonds is 7. The lowest BCUT2D eigenvalue weighted by Gasteiger charge is -2.11. The highest BCUT2D eigenvalue weighted by atomic mass is 16.7. The number of ether oxygens (including phenoxy) is 2. The first-order valence-electron chi connectivity index (χ1n) is 9.81. The number of aliphatic imine (C=N–C) groups is 1. The number of nitrogens with one attached hydrogen (secondary N) is 2. The fourth-order valence-electron chi connectivity index (χ4n) is 3.09. The van der Waals surface area contributed by atoms with E-state index >= 15 is 0 Å². The first-order valence-corrected chi connectivity index (χ1v) is 9.81. The molecule has 0 unspecified atom stereocenters. The van der Waals surface area contributed by atoms with Crippen LogP contribution in [0.4, 0.5) is 0 Å². The van der Waals surface area contributed by atoms with Gasteiger partial charge in [-0.05, 0) is 48.7 Å². The SMILES string of the molecule is CCNC(=NCc1ccc2c(c1)OCO2)NCCc1cnn(-c2ccccc2)c1. The lowest BCUT2D eigenvalue weighted by molar-refractivity contribution is 0.174. The van der Waals surface area contributed by atoms with E-state index in [-0.39, 0.29) is 6.79 Å². The van der Waals surface area contributed by atoms with Gasteiger partial charge in [0.2, 0.25) is 6.79 Å². The van der Waals surface area contributed by atoms with E-state index in [4.69, 9.17) is 9.47 Å². The molecule has 7 nitrogen and oxygen atoms in total. The quantitative estimate of drug-likeness (QED) is 0.479. The average molecular weight is 391 g/mol. The zero-order chi connectivity index (χ0) is 19.9. The predicted molar refractivity (Wildman–Crippen MR) is 113 cm³/mol. The Balaban J connectivity index is 1.32. The van der Waals surface area contributed by atoms with Crippen molar-refractivity contribution in [2.24, 2.45) is 4.99 Å². The highest BCUT2D eigenvalue weighted by Crippen LogP contribution is 2.32. The molecule has 2 aromatic carbocycles. The smallest absolute Gasteiger partial charge is 0.231 e. The van der Waals surface area contributed by atoms with Gasteiger partial charge in [0.1, 0.15) is 0 Å². The van der Waals surface area contributed by atoms with E-state index in [2.05, 4.69) is 33.8 Å². The van der Waals surface area contributed by atoms with E-state index in [9.17, 15) is 0 Å². The minimum absolute atomic E-state index is 0.285. The summed E-state index contributed by atoms with van der Waals surface area (Å²) in [5.41, 5.74) is 3.31. The summed E-state index contributed by atoms with van der Waals surface area (Å²) in [7, 11) is 0. The Morgan fingerprint density at radius 3 is 2.79 bits per heavy atom. The van der Waals surface area contributed by atoms with Crippen molar-refractivity contribution in [1.82, 2.24) is 20.4 Å². The minimum Gasteiger partial charge on any atom is -0.454 e. The fourth-order valence-corrected chi connectivity index (χ4v) is 3.09. The van der Waals surface area contributed by atoms with Crippen LogP contribution in [0.15, 0.2) is 65.9 Å². The summed E-state index contributed by atoms with van der Waals surface area (Å²) < 4.78 is 12.7. The largest absolute Gasteiger partial charge is 0.454 e. The third-order valence-corrected chi connectivity index (χ3v) is 4.56. The third kappa shape index (κ3) is 4.87. The van der Waals surface area contributed by atoms with Gasteiger partial charge in [0.05, 0.1) is 18.4 Å². The van der Waals surface area contributed by atoms with Crippen LogP contribution in [0.1, 0.15) is 18.1 Å². The molecule has 3 aromatic rings. The molecular formula is C22H25N5O2. The Morgan fingerprint density at radius 1 is 1.07 bits per heavy atom. The zero-order valence-electron chi connectivity index (χ0n) is 16.5. The van der Waals surface area contributed by atoms with Crippen LogP contribution in [0.2, 0.25) is 0 Å². The molecule has 0 saturated heterocycles. The molecular weight excluding hydrogens is 366 g/mol. The summed E-state index contributed by atoms with van der Waals surface area (Å²) in [6.45, 7) is 4.49. The molecule has 29 heavy (non-hydrogen) atoms. The van der Waals surface area contributed by atoms with Crippen LogP contribution < -0.4 is 20.1 Å². The number of para-hydroxylation sites is 1. The van der Waals surface area contributed by atoms with E-state index in [1.54, 1.807) is 0 Å². The van der Waals surface area contributed by atoms with Gasteiger partial charge < -0.3 is 20.1 Å². The van der Waals surface area contributed by atoms with E-state index in [1.165, 1.54) is 5.56 Å². The maximum Gasteiger partial charge on any atom is 0.231 e. The van der Waals surface area contributed by atoms with Gasteiger partial charge in [0.15, 0.2) is 17.5 Å². The van der Waals surface area contributed by atoms with Crippen LogP contribution in [0.5, 0.6) is 11.5 Å². The van der Waals surface area contributed by atoms with Crippen molar-refractivity contribution in [1.29, 1.82) is 0 Å². The highest BCUT2D eigenvalue weighted by molar-refractivity contribution is 5.79. The number of fused-ring (bicyclic) bond motifs is 1. The first kappa shape index (κ1) is 18.9. The maximum atomic E-state index is 5.43. The predicted octanol–water partition coefficient (Wildman–Crippen LogP) is 2.90. The number of nitrogens with zero attached hydrogens (tertiary/aromatic N) is 3. The number of hydrogen-bond acceptors (Lipinski definition) is 4. The molecule has 0 amide bonds. The summed E-state index contributed by atoms with van der Waals surface area (Å²) in [4.78, 5) is 4.67. The number of aromatic nitrogens is 2. The van der Waals surface area contributed by atoms with Crippen molar-refractivity contribution in [3.63, 3.8) is 0 Å². The van der Waals surface area contributed by atoms with E-state index in [1.807, 2.05) is 59.4 Å². The van der Waals surface area contributed by atoms with E-state index in [0.717, 1.165) is 48.2 Å². The second-order valence-corrected chi connectivity index (χ2v) is 6.69. The Bertz CT molecular complexity index is 968. The lowest BCUT2D eigenvalue weighted by Crippen LogP contribution is -2.38. The van der Waals surface area contributed by atoms with Gasteiger partial charge in [0, 0.05) is 19.3 Å². The number of guanidine groups is 1. The van der Waals surface area contributed by atoms with Crippen molar-refractivity contribution < 1.29 is 9.47 Å². The Morgan fingerprint density at radius 2 is 1.93 bits per heavy atom. The molecule has 0 bridgehead atoms. The molecule has 1 aliphatic rings. The van der Waals surface area contributed by atoms with Crippen molar-refractivity contribution in [2.75, 3.05) is 19.9 Å². The normalized spacial score (nSPS) is 12.8. The molecule has 0 radical (unpaired) electrons. The molecule has 2 heterocycles. The molecule has 0 aliphatic carbocycles. The minimum atomic E-state index is 0.285. The summed E-state index contributed by atoms with van der Waals surface area (Å²) in [5, 5.41) is 11.1. The molecule has 4 rings (SSSR count). The highest BCUT2D eigenvalue weighted by Gasteiger charge is 2.13. The first-order chi connectivity index (χ1) is 14.3. The van der Waals surface area contributed by atoms with Crippen LogP contribution in [-0.4, -0.2) is 35.6 Å². The van der Waals surface area contributed by atoms with E-state index < -0.39 is 0 Å². The molecule has 1 aromatic heterocycles. The number of hydrogen-bond donors (Lipinski definition) is 2. The molecule has 0 fully saturated rings. The second kappa shape index (κ2) is 9.14. The van der Waals surface area contributed by atoms with Crippen LogP contribution in [-0.2, 0) is 13.0 Å². The van der Waals surface area contributed by atoms with Gasteiger partial charge in [-0.25, -0.2) is 9.67 Å². The van der Waals surface area contributed by atoms with Crippen LogP contribution in [0.3, 0.4) is 0 Å². The standard InChI is InChI=1S/C22H25N5O2/c1-2-23-22(25-13-17-8-9-20-21(12-17)29-16-28-20)24-11-10-18-14-26-27(15-18)19-6-4-3-5-7-19/h3-9,12,14-15H,2,10-11,13,16H2,1H3,(H2,23,24,25). The van der Waals surface area contributed by atoms with Gasteiger partial charge in [0.25, 0.3) is 0 Å². The van der Waals surface area contributed by atoms with Crippen LogP contribution in [0, 0.1) is 0 Å². The van der Waals surface area contributed by atoms with Crippen molar-refractivity contribution in [2.45, 2.75) is 19.9 Å². The maximum absolute atomic E-state index is 5.43. The van der Waals surface area contributed by atoms with Crippen molar-refractivity contribution >= 4 is 5.96 Å². The lowest BCUT2D eigenvalue weighted by atomic mass is 10.2. The average Bonchev–Trinajstić information content (AvgIpc) is 3.42. The Labute approximate surface area is 170 Å². The molecule has 0 spiro atoms. The number of benzene rings is 2. The van der Waals surface area contributed by atoms with Gasteiger partial charge in [-0.1, -0.05) is 24.3 Å². The molecule has 2 N–H and O–H groups in total.